The van der Waals surface area contributed by atoms with Crippen molar-refractivity contribution in [1.29, 1.82) is 0 Å². The average Bonchev–Trinajstić information content (AvgIpc) is 2.30. The Morgan fingerprint density at radius 3 is 2.83 bits per heavy atom. The van der Waals surface area contributed by atoms with Gasteiger partial charge in [0.25, 0.3) is 0 Å². The lowest BCUT2D eigenvalue weighted by Crippen LogP contribution is -2.21. The zero-order chi connectivity index (χ0) is 9.14. The summed E-state index contributed by atoms with van der Waals surface area (Å²) >= 11 is 0. The lowest BCUT2D eigenvalue weighted by Gasteiger charge is -2.03. The van der Waals surface area contributed by atoms with E-state index in [9.17, 15) is 9.59 Å². The van der Waals surface area contributed by atoms with Crippen LogP contribution in [0.2, 0.25) is 0 Å². The van der Waals surface area contributed by atoms with E-state index in [0.717, 1.165) is 0 Å². The fourth-order valence-electron chi connectivity index (χ4n) is 1.19. The molecule has 4 nitrogen and oxygen atoms in total. The standard InChI is InChI=1S/C8H12O4/c1-3-11-7(9)6-4-5(2)12-8(6)10/h5-6H,3-4H2,1-2H3/t5-,6-/m0/s1. The molecule has 12 heavy (non-hydrogen) atoms. The zero-order valence-electron chi connectivity index (χ0n) is 7.20. The molecule has 0 N–H and O–H groups in total. The van der Waals surface area contributed by atoms with Crippen LogP contribution < -0.4 is 0 Å². The van der Waals surface area contributed by atoms with Gasteiger partial charge in [0.15, 0.2) is 5.92 Å². The summed E-state index contributed by atoms with van der Waals surface area (Å²) in [4.78, 5) is 22.1. The van der Waals surface area contributed by atoms with Gasteiger partial charge < -0.3 is 9.47 Å². The van der Waals surface area contributed by atoms with Gasteiger partial charge in [0, 0.05) is 6.42 Å². The molecule has 1 aliphatic rings. The Hall–Kier alpha value is -1.06. The van der Waals surface area contributed by atoms with Gasteiger partial charge in [-0.1, -0.05) is 0 Å². The molecule has 0 aliphatic carbocycles. The molecule has 0 aromatic rings. The molecule has 4 heteroatoms. The van der Waals surface area contributed by atoms with E-state index in [4.69, 9.17) is 9.47 Å². The molecule has 0 saturated carbocycles. The van der Waals surface area contributed by atoms with E-state index in [1.165, 1.54) is 0 Å². The van der Waals surface area contributed by atoms with Gasteiger partial charge in [-0.15, -0.1) is 0 Å². The van der Waals surface area contributed by atoms with Gasteiger partial charge in [-0.25, -0.2) is 0 Å². The van der Waals surface area contributed by atoms with Crippen LogP contribution in [0.3, 0.4) is 0 Å². The topological polar surface area (TPSA) is 52.6 Å². The van der Waals surface area contributed by atoms with E-state index in [0.29, 0.717) is 13.0 Å². The summed E-state index contributed by atoms with van der Waals surface area (Å²) in [6.07, 6.45) is 0.282. The smallest absolute Gasteiger partial charge is 0.320 e. The van der Waals surface area contributed by atoms with Gasteiger partial charge in [-0.3, -0.25) is 9.59 Å². The third-order valence-electron chi connectivity index (χ3n) is 1.74. The van der Waals surface area contributed by atoms with E-state index < -0.39 is 17.9 Å². The van der Waals surface area contributed by atoms with Crippen LogP contribution in [-0.4, -0.2) is 24.6 Å². The molecule has 1 aliphatic heterocycles. The fourth-order valence-corrected chi connectivity index (χ4v) is 1.19. The van der Waals surface area contributed by atoms with E-state index in [2.05, 4.69) is 0 Å². The Bertz CT molecular complexity index is 199. The van der Waals surface area contributed by atoms with Crippen molar-refractivity contribution in [2.75, 3.05) is 6.61 Å². The van der Waals surface area contributed by atoms with E-state index >= 15 is 0 Å². The third kappa shape index (κ3) is 1.75. The second kappa shape index (κ2) is 3.56. The summed E-state index contributed by atoms with van der Waals surface area (Å²) in [7, 11) is 0. The largest absolute Gasteiger partial charge is 0.465 e. The summed E-state index contributed by atoms with van der Waals surface area (Å²) in [6, 6.07) is 0. The highest BCUT2D eigenvalue weighted by Crippen LogP contribution is 2.21. The van der Waals surface area contributed by atoms with Gasteiger partial charge in [0.1, 0.15) is 6.10 Å². The number of hydrogen-bond acceptors (Lipinski definition) is 4. The number of carbonyl (C=O) groups is 2. The third-order valence-corrected chi connectivity index (χ3v) is 1.74. The molecule has 0 unspecified atom stereocenters. The molecule has 0 spiro atoms. The van der Waals surface area contributed by atoms with Gasteiger partial charge in [-0.05, 0) is 13.8 Å². The molecule has 1 fully saturated rings. The van der Waals surface area contributed by atoms with Crippen molar-refractivity contribution in [2.24, 2.45) is 5.92 Å². The van der Waals surface area contributed by atoms with E-state index in [1.54, 1.807) is 13.8 Å². The molecule has 68 valence electrons. The van der Waals surface area contributed by atoms with Crippen LogP contribution in [-0.2, 0) is 19.1 Å². The van der Waals surface area contributed by atoms with Crippen molar-refractivity contribution < 1.29 is 19.1 Å². The average molecular weight is 172 g/mol. The molecule has 0 amide bonds. The Kier molecular flexibility index (Phi) is 2.68. The minimum atomic E-state index is -0.694. The lowest BCUT2D eigenvalue weighted by atomic mass is 10.1. The first kappa shape index (κ1) is 9.03. The Balaban J connectivity index is 2.52. The number of esters is 2. The van der Waals surface area contributed by atoms with Crippen molar-refractivity contribution >= 4 is 11.9 Å². The molecule has 1 rings (SSSR count). The summed E-state index contributed by atoms with van der Waals surface area (Å²) in [5.74, 6) is -1.62. The van der Waals surface area contributed by atoms with Gasteiger partial charge in [-0.2, -0.15) is 0 Å². The maximum atomic E-state index is 11.1. The van der Waals surface area contributed by atoms with Crippen LogP contribution in [0.15, 0.2) is 0 Å². The van der Waals surface area contributed by atoms with E-state index in [-0.39, 0.29) is 6.10 Å². The number of cyclic esters (lactones) is 1. The van der Waals surface area contributed by atoms with Crippen LogP contribution in [0, 0.1) is 5.92 Å². The lowest BCUT2D eigenvalue weighted by molar-refractivity contribution is -0.156. The van der Waals surface area contributed by atoms with E-state index in [1.807, 2.05) is 0 Å². The molecule has 0 bridgehead atoms. The number of hydrogen-bond donors (Lipinski definition) is 0. The molecule has 1 saturated heterocycles. The predicted octanol–water partition coefficient (Wildman–Crippen LogP) is 0.501. The van der Waals surface area contributed by atoms with Gasteiger partial charge in [0.2, 0.25) is 0 Å². The highest BCUT2D eigenvalue weighted by molar-refractivity contribution is 5.96. The zero-order valence-corrected chi connectivity index (χ0v) is 7.20. The maximum Gasteiger partial charge on any atom is 0.320 e. The fraction of sp³-hybridized carbons (Fsp3) is 0.750. The Morgan fingerprint density at radius 2 is 2.42 bits per heavy atom. The Labute approximate surface area is 70.8 Å². The van der Waals surface area contributed by atoms with Crippen LogP contribution >= 0.6 is 0 Å². The van der Waals surface area contributed by atoms with Crippen molar-refractivity contribution in [3.63, 3.8) is 0 Å². The summed E-state index contributed by atoms with van der Waals surface area (Å²) in [5.41, 5.74) is 0. The van der Waals surface area contributed by atoms with Crippen molar-refractivity contribution in [3.05, 3.63) is 0 Å². The molecule has 0 aromatic heterocycles. The predicted molar refractivity (Wildman–Crippen MR) is 40.3 cm³/mol. The second-order valence-electron chi connectivity index (χ2n) is 2.79. The first-order valence-corrected chi connectivity index (χ1v) is 4.02. The molecular weight excluding hydrogens is 160 g/mol. The SMILES string of the molecule is CCOC(=O)[C@@H]1C[C@H](C)OC1=O. The first-order chi connectivity index (χ1) is 5.65. The molecular formula is C8H12O4. The summed E-state index contributed by atoms with van der Waals surface area (Å²) < 4.78 is 9.51. The van der Waals surface area contributed by atoms with Crippen LogP contribution in [0.5, 0.6) is 0 Å². The van der Waals surface area contributed by atoms with Crippen LogP contribution in [0.25, 0.3) is 0 Å². The molecule has 2 atom stereocenters. The summed E-state index contributed by atoms with van der Waals surface area (Å²) in [6.45, 7) is 3.77. The van der Waals surface area contributed by atoms with Crippen molar-refractivity contribution in [3.8, 4) is 0 Å². The van der Waals surface area contributed by atoms with Gasteiger partial charge >= 0.3 is 11.9 Å². The first-order valence-electron chi connectivity index (χ1n) is 4.02. The van der Waals surface area contributed by atoms with Crippen LogP contribution in [0.4, 0.5) is 0 Å². The molecule has 1 heterocycles. The normalized spacial score (nSPS) is 28.3. The monoisotopic (exact) mass is 172 g/mol. The highest BCUT2D eigenvalue weighted by Gasteiger charge is 2.38. The summed E-state index contributed by atoms with van der Waals surface area (Å²) in [5, 5.41) is 0. The van der Waals surface area contributed by atoms with Crippen molar-refractivity contribution in [2.45, 2.75) is 26.4 Å². The number of ether oxygens (including phenoxy) is 2. The molecule has 0 radical (unpaired) electrons. The van der Waals surface area contributed by atoms with Crippen molar-refractivity contribution in [1.82, 2.24) is 0 Å². The molecule has 0 aromatic carbocycles. The number of carbonyl (C=O) groups excluding carboxylic acids is 2. The quantitative estimate of drug-likeness (QED) is 0.449. The minimum Gasteiger partial charge on any atom is -0.465 e. The van der Waals surface area contributed by atoms with Crippen LogP contribution in [0.1, 0.15) is 20.3 Å². The Morgan fingerprint density at radius 1 is 1.75 bits per heavy atom. The maximum absolute atomic E-state index is 11.1. The minimum absolute atomic E-state index is 0.160. The van der Waals surface area contributed by atoms with Gasteiger partial charge in [0.05, 0.1) is 6.61 Å². The highest BCUT2D eigenvalue weighted by atomic mass is 16.6. The second-order valence-corrected chi connectivity index (χ2v) is 2.79. The number of rotatable bonds is 2.